The van der Waals surface area contributed by atoms with Crippen LogP contribution in [0.3, 0.4) is 0 Å². The Morgan fingerprint density at radius 2 is 1.90 bits per heavy atom. The Morgan fingerprint density at radius 1 is 1.24 bits per heavy atom. The molecule has 116 valence electrons. The van der Waals surface area contributed by atoms with Gasteiger partial charge in [0.25, 0.3) is 5.91 Å². The fourth-order valence-electron chi connectivity index (χ4n) is 1.84. The van der Waals surface area contributed by atoms with Gasteiger partial charge in [0, 0.05) is 23.1 Å². The van der Waals surface area contributed by atoms with Crippen LogP contribution in [0.2, 0.25) is 0 Å². The summed E-state index contributed by atoms with van der Waals surface area (Å²) in [6.07, 6.45) is 0.649. The largest absolute Gasteiger partial charge is 0.353 e. The van der Waals surface area contributed by atoms with Crippen LogP contribution in [-0.2, 0) is 4.79 Å². The summed E-state index contributed by atoms with van der Waals surface area (Å²) in [5, 5.41) is 5.46. The van der Waals surface area contributed by atoms with E-state index in [1.165, 1.54) is 0 Å². The van der Waals surface area contributed by atoms with Crippen LogP contribution in [0, 0.1) is 5.92 Å². The van der Waals surface area contributed by atoms with Crippen molar-refractivity contribution in [2.24, 2.45) is 11.7 Å². The molecule has 4 N–H and O–H groups in total. The van der Waals surface area contributed by atoms with Gasteiger partial charge in [-0.1, -0.05) is 35.8 Å². The molecule has 5 nitrogen and oxygen atoms in total. The second-order valence-electron chi connectivity index (χ2n) is 5.29. The van der Waals surface area contributed by atoms with Crippen LogP contribution >= 0.6 is 15.9 Å². The second kappa shape index (κ2) is 8.79. The fraction of sp³-hybridized carbons (Fsp3) is 0.467. The lowest BCUT2D eigenvalue weighted by Crippen LogP contribution is -2.44. The standard InChI is InChI=1S/C15H22BrN3O2/c1-10(2)8-13(17)15(21)19-7-6-18-14(20)11-4-3-5-12(16)9-11/h3-5,9-10,13H,6-8,17H2,1-2H3,(H,18,20)(H,19,21)/t13-/m0/s1. The van der Waals surface area contributed by atoms with Gasteiger partial charge < -0.3 is 16.4 Å². The van der Waals surface area contributed by atoms with Gasteiger partial charge in [0.05, 0.1) is 6.04 Å². The highest BCUT2D eigenvalue weighted by atomic mass is 79.9. The van der Waals surface area contributed by atoms with E-state index < -0.39 is 6.04 Å². The van der Waals surface area contributed by atoms with Gasteiger partial charge in [-0.2, -0.15) is 0 Å². The lowest BCUT2D eigenvalue weighted by Gasteiger charge is -2.14. The van der Waals surface area contributed by atoms with Gasteiger partial charge in [0.1, 0.15) is 0 Å². The number of hydrogen-bond acceptors (Lipinski definition) is 3. The predicted molar refractivity (Wildman–Crippen MR) is 86.9 cm³/mol. The Labute approximate surface area is 133 Å². The highest BCUT2D eigenvalue weighted by molar-refractivity contribution is 9.10. The van der Waals surface area contributed by atoms with Crippen molar-refractivity contribution in [3.8, 4) is 0 Å². The first-order valence-corrected chi connectivity index (χ1v) is 7.76. The number of nitrogens with one attached hydrogen (secondary N) is 2. The highest BCUT2D eigenvalue weighted by Gasteiger charge is 2.14. The van der Waals surface area contributed by atoms with Crippen LogP contribution in [0.4, 0.5) is 0 Å². The Hall–Kier alpha value is -1.40. The number of nitrogens with two attached hydrogens (primary N) is 1. The zero-order chi connectivity index (χ0) is 15.8. The molecule has 0 heterocycles. The van der Waals surface area contributed by atoms with Gasteiger partial charge in [-0.3, -0.25) is 9.59 Å². The molecule has 1 rings (SSSR count). The summed E-state index contributed by atoms with van der Waals surface area (Å²) in [7, 11) is 0. The van der Waals surface area contributed by atoms with Crippen LogP contribution in [0.15, 0.2) is 28.7 Å². The van der Waals surface area contributed by atoms with Crippen molar-refractivity contribution in [3.63, 3.8) is 0 Å². The van der Waals surface area contributed by atoms with Crippen LogP contribution < -0.4 is 16.4 Å². The zero-order valence-electron chi connectivity index (χ0n) is 12.4. The number of benzene rings is 1. The fourth-order valence-corrected chi connectivity index (χ4v) is 2.24. The maximum absolute atomic E-state index is 11.9. The van der Waals surface area contributed by atoms with Gasteiger partial charge in [0.15, 0.2) is 0 Å². The molecule has 1 aromatic carbocycles. The molecule has 0 saturated heterocycles. The van der Waals surface area contributed by atoms with E-state index in [-0.39, 0.29) is 11.8 Å². The molecule has 0 aliphatic carbocycles. The highest BCUT2D eigenvalue weighted by Crippen LogP contribution is 2.11. The minimum atomic E-state index is -0.495. The molecule has 0 aliphatic heterocycles. The molecule has 0 aromatic heterocycles. The number of rotatable bonds is 7. The average molecular weight is 356 g/mol. The topological polar surface area (TPSA) is 84.2 Å². The molecular weight excluding hydrogens is 334 g/mol. The summed E-state index contributed by atoms with van der Waals surface area (Å²) in [5.74, 6) is 0.0272. The van der Waals surface area contributed by atoms with E-state index in [2.05, 4.69) is 26.6 Å². The molecule has 0 spiro atoms. The van der Waals surface area contributed by atoms with E-state index in [1.54, 1.807) is 18.2 Å². The molecule has 21 heavy (non-hydrogen) atoms. The summed E-state index contributed by atoms with van der Waals surface area (Å²) in [4.78, 5) is 23.5. The lowest BCUT2D eigenvalue weighted by molar-refractivity contribution is -0.122. The minimum Gasteiger partial charge on any atom is -0.353 e. The van der Waals surface area contributed by atoms with Gasteiger partial charge >= 0.3 is 0 Å². The first-order valence-electron chi connectivity index (χ1n) is 6.97. The molecule has 2 amide bonds. The Kier molecular flexibility index (Phi) is 7.39. The maximum Gasteiger partial charge on any atom is 0.251 e. The van der Waals surface area contributed by atoms with E-state index in [0.717, 1.165) is 4.47 Å². The Morgan fingerprint density at radius 3 is 2.52 bits per heavy atom. The molecular formula is C15H22BrN3O2. The number of amides is 2. The SMILES string of the molecule is CC(C)C[C@H](N)C(=O)NCCNC(=O)c1cccc(Br)c1. The number of halogens is 1. The van der Waals surface area contributed by atoms with Crippen molar-refractivity contribution in [1.82, 2.24) is 10.6 Å². The quantitative estimate of drug-likeness (QED) is 0.650. The van der Waals surface area contributed by atoms with E-state index in [9.17, 15) is 9.59 Å². The summed E-state index contributed by atoms with van der Waals surface area (Å²) in [5.41, 5.74) is 6.34. The van der Waals surface area contributed by atoms with Gasteiger partial charge in [-0.15, -0.1) is 0 Å². The van der Waals surface area contributed by atoms with Crippen LogP contribution in [0.5, 0.6) is 0 Å². The van der Waals surface area contributed by atoms with E-state index in [4.69, 9.17) is 5.73 Å². The van der Waals surface area contributed by atoms with Crippen LogP contribution in [-0.4, -0.2) is 30.9 Å². The van der Waals surface area contributed by atoms with Crippen molar-refractivity contribution >= 4 is 27.7 Å². The van der Waals surface area contributed by atoms with Crippen molar-refractivity contribution < 1.29 is 9.59 Å². The molecule has 6 heteroatoms. The third-order valence-corrected chi connectivity index (χ3v) is 3.35. The van der Waals surface area contributed by atoms with E-state index in [0.29, 0.717) is 31.0 Å². The molecule has 0 fully saturated rings. The predicted octanol–water partition coefficient (Wildman–Crippen LogP) is 1.67. The van der Waals surface area contributed by atoms with E-state index in [1.807, 2.05) is 19.9 Å². The molecule has 0 unspecified atom stereocenters. The first kappa shape index (κ1) is 17.7. The number of carbonyl (C=O) groups excluding carboxylic acids is 2. The van der Waals surface area contributed by atoms with Gasteiger partial charge in [-0.05, 0) is 30.5 Å². The Bertz CT molecular complexity index is 492. The smallest absolute Gasteiger partial charge is 0.251 e. The average Bonchev–Trinajstić information content (AvgIpc) is 2.42. The van der Waals surface area contributed by atoms with E-state index >= 15 is 0 Å². The summed E-state index contributed by atoms with van der Waals surface area (Å²) in [6.45, 7) is 4.77. The third kappa shape index (κ3) is 6.73. The number of hydrogen-bond donors (Lipinski definition) is 3. The van der Waals surface area contributed by atoms with Crippen molar-refractivity contribution in [2.45, 2.75) is 26.3 Å². The third-order valence-electron chi connectivity index (χ3n) is 2.86. The minimum absolute atomic E-state index is 0.169. The summed E-state index contributed by atoms with van der Waals surface area (Å²) >= 11 is 3.32. The maximum atomic E-state index is 11.9. The summed E-state index contributed by atoms with van der Waals surface area (Å²) < 4.78 is 0.850. The monoisotopic (exact) mass is 355 g/mol. The summed E-state index contributed by atoms with van der Waals surface area (Å²) in [6, 6.07) is 6.63. The van der Waals surface area contributed by atoms with Crippen molar-refractivity contribution in [2.75, 3.05) is 13.1 Å². The van der Waals surface area contributed by atoms with Crippen molar-refractivity contribution in [1.29, 1.82) is 0 Å². The second-order valence-corrected chi connectivity index (χ2v) is 6.21. The van der Waals surface area contributed by atoms with Gasteiger partial charge in [-0.25, -0.2) is 0 Å². The number of carbonyl (C=O) groups is 2. The molecule has 0 saturated carbocycles. The normalized spacial score (nSPS) is 12.0. The van der Waals surface area contributed by atoms with Crippen molar-refractivity contribution in [3.05, 3.63) is 34.3 Å². The lowest BCUT2D eigenvalue weighted by atomic mass is 10.0. The van der Waals surface area contributed by atoms with Crippen LogP contribution in [0.1, 0.15) is 30.6 Å². The Balaban J connectivity index is 2.28. The molecule has 1 aromatic rings. The molecule has 0 radical (unpaired) electrons. The molecule has 0 aliphatic rings. The zero-order valence-corrected chi connectivity index (χ0v) is 13.9. The first-order chi connectivity index (χ1) is 9.90. The van der Waals surface area contributed by atoms with Gasteiger partial charge in [0.2, 0.25) is 5.91 Å². The molecule has 1 atom stereocenters. The van der Waals surface area contributed by atoms with Crippen LogP contribution in [0.25, 0.3) is 0 Å². The molecule has 0 bridgehead atoms.